The molecular weight excluding hydrogens is 340 g/mol. The minimum atomic E-state index is -1.69. The summed E-state index contributed by atoms with van der Waals surface area (Å²) >= 11 is 0. The summed E-state index contributed by atoms with van der Waals surface area (Å²) < 4.78 is 5.01. The van der Waals surface area contributed by atoms with Crippen LogP contribution in [0.4, 0.5) is 0 Å². The number of hydrogen-bond acceptors (Lipinski definition) is 4. The Balaban J connectivity index is 3.34. The number of aliphatic hydroxyl groups excluding tert-OH is 1. The number of hydrogen-bond donors (Lipinski definition) is 2. The van der Waals surface area contributed by atoms with Gasteiger partial charge in [0, 0.05) is 12.8 Å². The summed E-state index contributed by atoms with van der Waals surface area (Å²) in [5.74, 6) is -2.10. The molecule has 0 aliphatic heterocycles. The number of ether oxygens (including phenoxy) is 1. The lowest BCUT2D eigenvalue weighted by Gasteiger charge is -2.25. The molecule has 0 aromatic heterocycles. The zero-order valence-corrected chi connectivity index (χ0v) is 18.1. The molecule has 162 valence electrons. The number of esters is 1. The van der Waals surface area contributed by atoms with Crippen LogP contribution in [0.5, 0.6) is 0 Å². The smallest absolute Gasteiger partial charge is 0.308 e. The maximum Gasteiger partial charge on any atom is 0.308 e. The summed E-state index contributed by atoms with van der Waals surface area (Å²) in [6.07, 6.45) is 20.6. The molecule has 0 amide bonds. The minimum Gasteiger partial charge on any atom is -0.431 e. The molecule has 0 rings (SSSR count). The highest BCUT2D eigenvalue weighted by Gasteiger charge is 2.29. The van der Waals surface area contributed by atoms with Crippen molar-refractivity contribution < 1.29 is 19.7 Å². The first kappa shape index (κ1) is 26.4. The molecule has 0 heterocycles. The van der Waals surface area contributed by atoms with E-state index in [-0.39, 0.29) is 6.42 Å². The van der Waals surface area contributed by atoms with E-state index in [1.165, 1.54) is 77.0 Å². The highest BCUT2D eigenvalue weighted by Crippen LogP contribution is 2.17. The van der Waals surface area contributed by atoms with E-state index in [2.05, 4.69) is 6.92 Å². The molecule has 2 N–H and O–H groups in total. The first-order chi connectivity index (χ1) is 13.1. The van der Waals surface area contributed by atoms with Crippen LogP contribution in [-0.2, 0) is 9.53 Å². The Morgan fingerprint density at radius 2 is 1.11 bits per heavy atom. The second-order valence-corrected chi connectivity index (χ2v) is 8.03. The summed E-state index contributed by atoms with van der Waals surface area (Å²) in [6, 6.07) is 0. The van der Waals surface area contributed by atoms with Gasteiger partial charge in [-0.1, -0.05) is 104 Å². The van der Waals surface area contributed by atoms with Crippen LogP contribution < -0.4 is 0 Å². The second-order valence-electron chi connectivity index (χ2n) is 8.03. The third-order valence-electron chi connectivity index (χ3n) is 5.18. The number of unbranched alkanes of at least 4 members (excludes halogenated alkanes) is 14. The van der Waals surface area contributed by atoms with Gasteiger partial charge in [-0.2, -0.15) is 0 Å². The summed E-state index contributed by atoms with van der Waals surface area (Å²) in [7, 11) is 0. The third-order valence-corrected chi connectivity index (χ3v) is 5.18. The van der Waals surface area contributed by atoms with Crippen LogP contribution in [0.15, 0.2) is 0 Å². The van der Waals surface area contributed by atoms with Crippen LogP contribution in [0.1, 0.15) is 129 Å². The Kier molecular flexibility index (Phi) is 18.3. The first-order valence-corrected chi connectivity index (χ1v) is 11.6. The number of carbonyl (C=O) groups is 1. The molecule has 0 saturated carbocycles. The van der Waals surface area contributed by atoms with E-state index < -0.39 is 18.4 Å². The van der Waals surface area contributed by atoms with E-state index in [1.54, 1.807) is 0 Å². The van der Waals surface area contributed by atoms with Crippen molar-refractivity contribution in [3.05, 3.63) is 0 Å². The quantitative estimate of drug-likeness (QED) is 0.147. The lowest BCUT2D eigenvalue weighted by molar-refractivity contribution is -0.225. The van der Waals surface area contributed by atoms with Gasteiger partial charge in [0.15, 0.2) is 0 Å². The highest BCUT2D eigenvalue weighted by atomic mass is 16.7. The topological polar surface area (TPSA) is 66.8 Å². The molecule has 0 aromatic rings. The molecule has 0 saturated heterocycles. The van der Waals surface area contributed by atoms with Crippen molar-refractivity contribution >= 4 is 5.97 Å². The van der Waals surface area contributed by atoms with Crippen LogP contribution in [-0.4, -0.2) is 28.6 Å². The van der Waals surface area contributed by atoms with Crippen molar-refractivity contribution in [2.75, 3.05) is 6.61 Å². The molecule has 0 radical (unpaired) electrons. The fourth-order valence-electron chi connectivity index (χ4n) is 3.46. The summed E-state index contributed by atoms with van der Waals surface area (Å²) in [5, 5.41) is 19.1. The molecule has 0 aliphatic rings. The van der Waals surface area contributed by atoms with Gasteiger partial charge in [-0.25, -0.2) is 0 Å². The van der Waals surface area contributed by atoms with Crippen LogP contribution in [0.25, 0.3) is 0 Å². The molecule has 0 fully saturated rings. The van der Waals surface area contributed by atoms with Crippen molar-refractivity contribution in [2.24, 2.45) is 0 Å². The molecule has 0 aromatic carbocycles. The SMILES string of the molecule is CCCCCCCCCCCCCCCCCC(=O)OC(O)(CO)CCC. The van der Waals surface area contributed by atoms with Gasteiger partial charge in [-0.3, -0.25) is 4.79 Å². The van der Waals surface area contributed by atoms with Crippen LogP contribution >= 0.6 is 0 Å². The Morgan fingerprint density at radius 1 is 0.704 bits per heavy atom. The van der Waals surface area contributed by atoms with Crippen molar-refractivity contribution in [1.82, 2.24) is 0 Å². The Bertz CT molecular complexity index is 332. The van der Waals surface area contributed by atoms with Gasteiger partial charge < -0.3 is 14.9 Å². The summed E-state index contributed by atoms with van der Waals surface area (Å²) in [4.78, 5) is 11.7. The van der Waals surface area contributed by atoms with E-state index in [9.17, 15) is 9.90 Å². The van der Waals surface area contributed by atoms with Crippen molar-refractivity contribution in [2.45, 2.75) is 135 Å². The Morgan fingerprint density at radius 3 is 1.48 bits per heavy atom. The molecule has 1 unspecified atom stereocenters. The van der Waals surface area contributed by atoms with Crippen LogP contribution in [0.2, 0.25) is 0 Å². The normalized spacial score (nSPS) is 13.5. The van der Waals surface area contributed by atoms with Crippen molar-refractivity contribution in [1.29, 1.82) is 0 Å². The number of aliphatic hydroxyl groups is 2. The molecule has 0 aliphatic carbocycles. The Hall–Kier alpha value is -0.610. The van der Waals surface area contributed by atoms with E-state index in [0.717, 1.165) is 19.3 Å². The van der Waals surface area contributed by atoms with Crippen LogP contribution in [0.3, 0.4) is 0 Å². The van der Waals surface area contributed by atoms with Gasteiger partial charge in [0.05, 0.1) is 0 Å². The van der Waals surface area contributed by atoms with Gasteiger partial charge in [-0.15, -0.1) is 0 Å². The molecule has 4 heteroatoms. The van der Waals surface area contributed by atoms with E-state index in [0.29, 0.717) is 12.8 Å². The predicted molar refractivity (Wildman–Crippen MR) is 113 cm³/mol. The van der Waals surface area contributed by atoms with Gasteiger partial charge in [0.25, 0.3) is 0 Å². The zero-order valence-electron chi connectivity index (χ0n) is 18.1. The van der Waals surface area contributed by atoms with E-state index in [1.807, 2.05) is 6.92 Å². The lowest BCUT2D eigenvalue weighted by atomic mass is 10.0. The molecule has 0 spiro atoms. The summed E-state index contributed by atoms with van der Waals surface area (Å²) in [6.45, 7) is 3.61. The lowest BCUT2D eigenvalue weighted by Crippen LogP contribution is -2.38. The van der Waals surface area contributed by atoms with Gasteiger partial charge in [0.1, 0.15) is 6.61 Å². The fourth-order valence-corrected chi connectivity index (χ4v) is 3.46. The monoisotopic (exact) mass is 386 g/mol. The molecule has 1 atom stereocenters. The average Bonchev–Trinajstić information content (AvgIpc) is 2.65. The van der Waals surface area contributed by atoms with Gasteiger partial charge in [-0.05, 0) is 12.8 Å². The highest BCUT2D eigenvalue weighted by molar-refractivity contribution is 5.69. The number of rotatable bonds is 20. The van der Waals surface area contributed by atoms with Crippen molar-refractivity contribution in [3.63, 3.8) is 0 Å². The molecular formula is C23H46O4. The largest absolute Gasteiger partial charge is 0.431 e. The predicted octanol–water partition coefficient (Wildman–Crippen LogP) is 6.27. The van der Waals surface area contributed by atoms with E-state index >= 15 is 0 Å². The molecule has 27 heavy (non-hydrogen) atoms. The zero-order chi connectivity index (χ0) is 20.2. The average molecular weight is 387 g/mol. The summed E-state index contributed by atoms with van der Waals surface area (Å²) in [5.41, 5.74) is 0. The van der Waals surface area contributed by atoms with Crippen molar-refractivity contribution in [3.8, 4) is 0 Å². The minimum absolute atomic E-state index is 0.272. The van der Waals surface area contributed by atoms with E-state index in [4.69, 9.17) is 9.84 Å². The van der Waals surface area contributed by atoms with Crippen LogP contribution in [0, 0.1) is 0 Å². The fraction of sp³-hybridized carbons (Fsp3) is 0.957. The van der Waals surface area contributed by atoms with Gasteiger partial charge >= 0.3 is 5.97 Å². The second kappa shape index (κ2) is 18.7. The number of carbonyl (C=O) groups excluding carboxylic acids is 1. The maximum absolute atomic E-state index is 11.7. The molecule has 4 nitrogen and oxygen atoms in total. The molecule has 0 bridgehead atoms. The van der Waals surface area contributed by atoms with Gasteiger partial charge in [0.2, 0.25) is 5.79 Å². The first-order valence-electron chi connectivity index (χ1n) is 11.6. The third kappa shape index (κ3) is 17.2. The Labute approximate surface area is 168 Å². The maximum atomic E-state index is 11.7. The standard InChI is InChI=1S/C23H46O4/c1-3-5-6-7-8-9-10-11-12-13-14-15-16-17-18-19-22(25)27-23(26,21-24)20-4-2/h24,26H,3-21H2,1-2H3.